The fourth-order valence-electron chi connectivity index (χ4n) is 5.41. The Morgan fingerprint density at radius 3 is 2.44 bits per heavy atom. The molecule has 1 aliphatic rings. The molecule has 4 aromatic carbocycles. The Hall–Kier alpha value is -4.02. The third-order valence-corrected chi connectivity index (χ3v) is 7.51. The van der Waals surface area contributed by atoms with Gasteiger partial charge >= 0.3 is 28.1 Å². The number of aromatic nitrogens is 2. The van der Waals surface area contributed by atoms with Crippen molar-refractivity contribution < 1.29 is 30.5 Å². The summed E-state index contributed by atoms with van der Waals surface area (Å²) in [7, 11) is 1.76. The van der Waals surface area contributed by atoms with Gasteiger partial charge in [0, 0.05) is 23.2 Å². The molecule has 7 heteroatoms. The summed E-state index contributed by atoms with van der Waals surface area (Å²) in [4.78, 5) is 6.88. The molecule has 0 saturated carbocycles. The molecule has 1 aliphatic heterocycles. The second kappa shape index (κ2) is 10.4. The maximum Gasteiger partial charge on any atom is 2.00 e. The zero-order chi connectivity index (χ0) is 27.4. The standard InChI is InChI=1S/C34H28BN3O2.Pt/c1-34(2,3)23-18-19-36-33(20-23)38-29-13-6-5-12-27(29)28-17-16-26(22-31(28)38)39-25-11-9-10-24(21-25)35-37(4)30-14-7-8-15-32(30)40-35;/h5-20H,1-4H3;/q-2;+2. The Balaban J connectivity index is 0.00000302. The number of para-hydroxylation sites is 3. The van der Waals surface area contributed by atoms with Gasteiger partial charge in [-0.2, -0.15) is 18.2 Å². The van der Waals surface area contributed by atoms with Gasteiger partial charge in [-0.15, -0.1) is 35.1 Å². The first-order valence-electron chi connectivity index (χ1n) is 13.5. The van der Waals surface area contributed by atoms with Gasteiger partial charge in [-0.1, -0.05) is 56.6 Å². The van der Waals surface area contributed by atoms with Crippen LogP contribution in [0.25, 0.3) is 27.6 Å². The molecule has 0 bridgehead atoms. The van der Waals surface area contributed by atoms with Crippen LogP contribution in [0, 0.1) is 12.1 Å². The molecule has 0 N–H and O–H groups in total. The van der Waals surface area contributed by atoms with Gasteiger partial charge in [0.05, 0.1) is 5.69 Å². The molecule has 5 nitrogen and oxygen atoms in total. The molecule has 0 saturated heterocycles. The fourth-order valence-corrected chi connectivity index (χ4v) is 5.41. The van der Waals surface area contributed by atoms with Crippen LogP contribution >= 0.6 is 0 Å². The first-order valence-corrected chi connectivity index (χ1v) is 13.5. The van der Waals surface area contributed by atoms with E-state index >= 15 is 0 Å². The van der Waals surface area contributed by atoms with Crippen molar-refractivity contribution in [3.05, 3.63) is 115 Å². The van der Waals surface area contributed by atoms with Crippen molar-refractivity contribution in [3.63, 3.8) is 0 Å². The molecule has 41 heavy (non-hydrogen) atoms. The van der Waals surface area contributed by atoms with Crippen LogP contribution in [0.4, 0.5) is 5.69 Å². The van der Waals surface area contributed by atoms with E-state index in [0.29, 0.717) is 11.5 Å². The number of hydrogen-bond donors (Lipinski definition) is 0. The van der Waals surface area contributed by atoms with Crippen LogP contribution in [0.2, 0.25) is 0 Å². The number of nitrogens with zero attached hydrogens (tertiary/aromatic N) is 3. The van der Waals surface area contributed by atoms with Crippen molar-refractivity contribution >= 4 is 40.0 Å². The van der Waals surface area contributed by atoms with E-state index in [9.17, 15) is 0 Å². The van der Waals surface area contributed by atoms with Crippen LogP contribution < -0.4 is 19.7 Å². The number of benzene rings is 4. The molecule has 0 spiro atoms. The summed E-state index contributed by atoms with van der Waals surface area (Å²) in [5.74, 6) is 2.95. The van der Waals surface area contributed by atoms with E-state index in [4.69, 9.17) is 14.4 Å². The van der Waals surface area contributed by atoms with Crippen LogP contribution in [0.15, 0.2) is 97.2 Å². The third-order valence-electron chi connectivity index (χ3n) is 7.51. The van der Waals surface area contributed by atoms with Crippen molar-refractivity contribution in [1.29, 1.82) is 0 Å². The summed E-state index contributed by atoms with van der Waals surface area (Å²) in [6, 6.07) is 37.6. The van der Waals surface area contributed by atoms with Crippen LogP contribution in [0.5, 0.6) is 17.2 Å². The smallest absolute Gasteiger partial charge is 0.537 e. The average Bonchev–Trinajstić information content (AvgIpc) is 3.47. The van der Waals surface area contributed by atoms with Crippen molar-refractivity contribution in [2.24, 2.45) is 0 Å². The molecule has 0 fully saturated rings. The SMILES string of the molecule is CN1B(c2[c-]c(Oc3[c-]c4c(cc3)c3ccccc3n4-c3cc(C(C)(C)C)ccn3)ccc2)Oc2ccccc21.[Pt+2]. The number of pyridine rings is 1. The monoisotopic (exact) mass is 716 g/mol. The minimum atomic E-state index is -0.267. The number of hydrogen-bond acceptors (Lipinski definition) is 4. The van der Waals surface area contributed by atoms with Crippen LogP contribution in [-0.2, 0) is 26.5 Å². The Morgan fingerprint density at radius 1 is 0.829 bits per heavy atom. The Kier molecular flexibility index (Phi) is 6.91. The van der Waals surface area contributed by atoms with Gasteiger partial charge in [-0.25, -0.2) is 4.98 Å². The summed E-state index contributed by atoms with van der Waals surface area (Å²) in [6.07, 6.45) is 1.89. The molecule has 0 amide bonds. The summed E-state index contributed by atoms with van der Waals surface area (Å²) >= 11 is 0. The fraction of sp³-hybridized carbons (Fsp3) is 0.147. The summed E-state index contributed by atoms with van der Waals surface area (Å²) in [5, 5.41) is 2.25. The average molecular weight is 717 g/mol. The van der Waals surface area contributed by atoms with Gasteiger partial charge < -0.3 is 18.8 Å². The zero-order valence-corrected chi connectivity index (χ0v) is 25.6. The molecule has 0 unspecified atom stereocenters. The Morgan fingerprint density at radius 2 is 1.61 bits per heavy atom. The predicted molar refractivity (Wildman–Crippen MR) is 162 cm³/mol. The minimum Gasteiger partial charge on any atom is -0.537 e. The summed E-state index contributed by atoms with van der Waals surface area (Å²) in [5.41, 5.74) is 5.19. The normalized spacial score (nSPS) is 12.8. The van der Waals surface area contributed by atoms with Crippen molar-refractivity contribution in [2.45, 2.75) is 26.2 Å². The molecule has 0 atom stereocenters. The number of fused-ring (bicyclic) bond motifs is 4. The molecule has 7 rings (SSSR count). The molecule has 2 aromatic heterocycles. The van der Waals surface area contributed by atoms with Crippen LogP contribution in [0.3, 0.4) is 0 Å². The largest absolute Gasteiger partial charge is 2.00 e. The molecule has 0 aliphatic carbocycles. The Bertz CT molecular complexity index is 1900. The van der Waals surface area contributed by atoms with E-state index < -0.39 is 0 Å². The topological polar surface area (TPSA) is 39.5 Å². The van der Waals surface area contributed by atoms with Crippen LogP contribution in [0.1, 0.15) is 26.3 Å². The van der Waals surface area contributed by atoms with Gasteiger partial charge in [0.15, 0.2) is 0 Å². The molecule has 204 valence electrons. The maximum absolute atomic E-state index is 6.34. The van der Waals surface area contributed by atoms with Crippen molar-refractivity contribution in [3.8, 4) is 23.1 Å². The van der Waals surface area contributed by atoms with E-state index in [-0.39, 0.29) is 33.5 Å². The van der Waals surface area contributed by atoms with Crippen molar-refractivity contribution in [2.75, 3.05) is 11.9 Å². The summed E-state index contributed by atoms with van der Waals surface area (Å²) < 4.78 is 14.7. The zero-order valence-electron chi connectivity index (χ0n) is 23.3. The second-order valence-electron chi connectivity index (χ2n) is 11.2. The number of anilines is 1. The minimum absolute atomic E-state index is 0. The third kappa shape index (κ3) is 4.81. The molecule has 3 heterocycles. The quantitative estimate of drug-likeness (QED) is 0.144. The van der Waals surface area contributed by atoms with Gasteiger partial charge in [0.2, 0.25) is 0 Å². The number of ether oxygens (including phenoxy) is 1. The molecule has 6 aromatic rings. The molecule has 0 radical (unpaired) electrons. The van der Waals surface area contributed by atoms with E-state index in [1.165, 1.54) is 5.56 Å². The van der Waals surface area contributed by atoms with E-state index in [2.05, 4.69) is 90.8 Å². The van der Waals surface area contributed by atoms with Gasteiger partial charge in [0.25, 0.3) is 0 Å². The molecular formula is C34H28BN3O2Pt. The Labute approximate surface area is 255 Å². The molecular weight excluding hydrogens is 688 g/mol. The predicted octanol–water partition coefficient (Wildman–Crippen LogP) is 7.09. The second-order valence-corrected chi connectivity index (χ2v) is 11.2. The van der Waals surface area contributed by atoms with Gasteiger partial charge in [-0.3, -0.25) is 0 Å². The van der Waals surface area contributed by atoms with E-state index in [0.717, 1.165) is 44.5 Å². The maximum atomic E-state index is 6.34. The number of rotatable bonds is 4. The van der Waals surface area contributed by atoms with E-state index in [1.54, 1.807) is 0 Å². The van der Waals surface area contributed by atoms with E-state index in [1.807, 2.05) is 55.7 Å². The first-order chi connectivity index (χ1) is 19.4. The van der Waals surface area contributed by atoms with Gasteiger partial charge in [0.1, 0.15) is 11.6 Å². The van der Waals surface area contributed by atoms with Crippen molar-refractivity contribution in [1.82, 2.24) is 9.55 Å². The summed E-state index contributed by atoms with van der Waals surface area (Å²) in [6.45, 7) is 6.65. The first kappa shape index (κ1) is 27.2. The van der Waals surface area contributed by atoms with Crippen LogP contribution in [-0.4, -0.2) is 23.6 Å². The van der Waals surface area contributed by atoms with Gasteiger partial charge in [-0.05, 0) is 53.7 Å².